The number of carbonyl (C=O) groups excluding carboxylic acids is 4. The van der Waals surface area contributed by atoms with Crippen molar-refractivity contribution in [1.29, 1.82) is 0 Å². The fourth-order valence-corrected chi connectivity index (χ4v) is 6.05. The zero-order chi connectivity index (χ0) is 38.2. The van der Waals surface area contributed by atoms with Crippen molar-refractivity contribution in [2.24, 2.45) is 0 Å². The molecule has 4 amide bonds. The smallest absolute Gasteiger partial charge is 0.410 e. The molecule has 3 aromatic rings. The van der Waals surface area contributed by atoms with Crippen LogP contribution in [0.1, 0.15) is 69.6 Å². The minimum atomic E-state index is -1.27. The fraction of sp³-hybridized carbons (Fsp3) is 0.463. The van der Waals surface area contributed by atoms with Crippen LogP contribution in [0.15, 0.2) is 84.9 Å². The Hall–Kier alpha value is -5.10. The van der Waals surface area contributed by atoms with Crippen LogP contribution < -0.4 is 15.4 Å². The number of ether oxygens (including phenoxy) is 3. The van der Waals surface area contributed by atoms with Crippen molar-refractivity contribution in [2.45, 2.75) is 96.2 Å². The van der Waals surface area contributed by atoms with Gasteiger partial charge in [-0.05, 0) is 81.7 Å². The molecule has 4 rings (SSSR count). The molecular weight excluding hydrogens is 676 g/mol. The summed E-state index contributed by atoms with van der Waals surface area (Å²) in [4.78, 5) is 56.9. The molecule has 3 aromatic carbocycles. The van der Waals surface area contributed by atoms with Gasteiger partial charge in [-0.15, -0.1) is 0 Å². The monoisotopic (exact) mass is 730 g/mol. The van der Waals surface area contributed by atoms with Gasteiger partial charge in [0.05, 0.1) is 25.8 Å². The number of likely N-dealkylation sites (tertiary alicyclic amines) is 1. The van der Waals surface area contributed by atoms with Gasteiger partial charge in [-0.25, -0.2) is 9.59 Å². The molecule has 0 radical (unpaired) electrons. The molecule has 0 saturated carbocycles. The molecule has 1 heterocycles. The first-order chi connectivity index (χ1) is 25.4. The molecule has 1 fully saturated rings. The number of alkyl carbamates (subject to hydrolysis) is 1. The SMILES string of the molecule is COc1cccc(CN(C[C@@H](O)[C@H](Cc2ccccc2)NC(=O)[C@H](CCC(=O)N2CCCCC2)NC(=O)OCc2ccccc2)C(=O)OC(C)(C)C)c1. The summed E-state index contributed by atoms with van der Waals surface area (Å²) >= 11 is 0. The van der Waals surface area contributed by atoms with Gasteiger partial charge in [0.15, 0.2) is 0 Å². The Kier molecular flexibility index (Phi) is 15.5. The van der Waals surface area contributed by atoms with E-state index in [-0.39, 0.29) is 44.9 Å². The zero-order valence-corrected chi connectivity index (χ0v) is 31.3. The maximum atomic E-state index is 14.1. The standard InChI is InChI=1S/C41H54N4O8/c1-41(2,3)53-40(50)45(27-32-19-14-20-33(25-32)51-4)28-36(46)35(26-30-15-8-5-9-16-30)42-38(48)34(21-22-37(47)44-23-12-7-13-24-44)43-39(49)52-29-31-17-10-6-11-18-31/h5-6,8-11,14-20,25,34-36,46H,7,12-13,21-24,26-29H2,1-4H3,(H,42,48)(H,43,49)/t34-,35-,36+/m0/s1. The zero-order valence-electron chi connectivity index (χ0n) is 31.3. The van der Waals surface area contributed by atoms with Crippen LogP contribution in [0.4, 0.5) is 9.59 Å². The number of benzene rings is 3. The molecule has 3 N–H and O–H groups in total. The van der Waals surface area contributed by atoms with Crippen LogP contribution in [0.5, 0.6) is 5.75 Å². The Balaban J connectivity index is 1.55. The average molecular weight is 731 g/mol. The lowest BCUT2D eigenvalue weighted by Gasteiger charge is -2.33. The van der Waals surface area contributed by atoms with Crippen molar-refractivity contribution in [1.82, 2.24) is 20.4 Å². The van der Waals surface area contributed by atoms with Crippen LogP contribution >= 0.6 is 0 Å². The number of carbonyl (C=O) groups is 4. The van der Waals surface area contributed by atoms with E-state index in [4.69, 9.17) is 14.2 Å². The normalized spacial score (nSPS) is 14.6. The van der Waals surface area contributed by atoms with Gasteiger partial charge in [-0.3, -0.25) is 9.59 Å². The molecule has 12 heteroatoms. The molecular formula is C41H54N4O8. The lowest BCUT2D eigenvalue weighted by atomic mass is 9.99. The van der Waals surface area contributed by atoms with E-state index in [2.05, 4.69) is 10.6 Å². The van der Waals surface area contributed by atoms with E-state index in [1.165, 1.54) is 4.90 Å². The molecule has 1 aliphatic rings. The van der Waals surface area contributed by atoms with E-state index >= 15 is 0 Å². The minimum absolute atomic E-state index is 0.00312. The number of piperidine rings is 1. The lowest BCUT2D eigenvalue weighted by Crippen LogP contribution is -2.55. The molecule has 1 saturated heterocycles. The largest absolute Gasteiger partial charge is 0.497 e. The van der Waals surface area contributed by atoms with E-state index in [0.29, 0.717) is 18.8 Å². The highest BCUT2D eigenvalue weighted by atomic mass is 16.6. The van der Waals surface area contributed by atoms with E-state index in [1.807, 2.05) is 72.8 Å². The van der Waals surface area contributed by atoms with Gasteiger partial charge in [0.25, 0.3) is 0 Å². The van der Waals surface area contributed by atoms with Crippen LogP contribution in [0, 0.1) is 0 Å². The topological polar surface area (TPSA) is 147 Å². The fourth-order valence-electron chi connectivity index (χ4n) is 6.05. The number of hydrogen-bond acceptors (Lipinski definition) is 8. The Labute approximate surface area is 312 Å². The van der Waals surface area contributed by atoms with Gasteiger partial charge < -0.3 is 39.8 Å². The number of rotatable bonds is 16. The maximum absolute atomic E-state index is 14.1. The Bertz CT molecular complexity index is 1610. The second kappa shape index (κ2) is 20.2. The molecule has 3 atom stereocenters. The number of methoxy groups -OCH3 is 1. The summed E-state index contributed by atoms with van der Waals surface area (Å²) in [5.74, 6) is -0.0703. The van der Waals surface area contributed by atoms with Gasteiger partial charge in [-0.2, -0.15) is 0 Å². The predicted octanol–water partition coefficient (Wildman–Crippen LogP) is 5.61. The Morgan fingerprint density at radius 3 is 2.13 bits per heavy atom. The maximum Gasteiger partial charge on any atom is 0.410 e. The number of nitrogens with zero attached hydrogens (tertiary/aromatic N) is 2. The van der Waals surface area contributed by atoms with Crippen LogP contribution in [0.2, 0.25) is 0 Å². The highest BCUT2D eigenvalue weighted by molar-refractivity contribution is 5.87. The quantitative estimate of drug-likeness (QED) is 0.173. The lowest BCUT2D eigenvalue weighted by molar-refractivity contribution is -0.132. The summed E-state index contributed by atoms with van der Waals surface area (Å²) in [6.07, 6.45) is 0.486. The van der Waals surface area contributed by atoms with E-state index in [9.17, 15) is 24.3 Å². The molecule has 0 unspecified atom stereocenters. The number of nitrogens with one attached hydrogen (secondary N) is 2. The van der Waals surface area contributed by atoms with E-state index in [0.717, 1.165) is 36.0 Å². The van der Waals surface area contributed by atoms with Crippen molar-refractivity contribution in [3.05, 3.63) is 102 Å². The number of aliphatic hydroxyl groups excluding tert-OH is 1. The summed E-state index contributed by atoms with van der Waals surface area (Å²) in [5.41, 5.74) is 1.56. The van der Waals surface area contributed by atoms with Crippen LogP contribution in [0.3, 0.4) is 0 Å². The van der Waals surface area contributed by atoms with Gasteiger partial charge in [0, 0.05) is 26.1 Å². The summed E-state index contributed by atoms with van der Waals surface area (Å²) < 4.78 is 16.5. The van der Waals surface area contributed by atoms with E-state index < -0.39 is 41.9 Å². The number of aliphatic hydroxyl groups is 1. The molecule has 0 bridgehead atoms. The molecule has 0 aliphatic carbocycles. The third kappa shape index (κ3) is 14.1. The van der Waals surface area contributed by atoms with Crippen LogP contribution in [-0.2, 0) is 38.6 Å². The molecule has 12 nitrogen and oxygen atoms in total. The second-order valence-electron chi connectivity index (χ2n) is 14.3. The van der Waals surface area contributed by atoms with Crippen molar-refractivity contribution in [2.75, 3.05) is 26.7 Å². The van der Waals surface area contributed by atoms with Crippen LogP contribution in [0.25, 0.3) is 0 Å². The van der Waals surface area contributed by atoms with Gasteiger partial charge in [0.1, 0.15) is 24.0 Å². The number of hydrogen-bond donors (Lipinski definition) is 3. The molecule has 286 valence electrons. The van der Waals surface area contributed by atoms with Crippen molar-refractivity contribution in [3.8, 4) is 5.75 Å². The Morgan fingerprint density at radius 1 is 0.849 bits per heavy atom. The summed E-state index contributed by atoms with van der Waals surface area (Å²) in [7, 11) is 1.56. The van der Waals surface area contributed by atoms with E-state index in [1.54, 1.807) is 44.9 Å². The molecule has 0 aromatic heterocycles. The average Bonchev–Trinajstić information content (AvgIpc) is 3.15. The Morgan fingerprint density at radius 2 is 1.49 bits per heavy atom. The first kappa shape index (κ1) is 40.7. The predicted molar refractivity (Wildman–Crippen MR) is 201 cm³/mol. The highest BCUT2D eigenvalue weighted by Crippen LogP contribution is 2.19. The van der Waals surface area contributed by atoms with Gasteiger partial charge in [-0.1, -0.05) is 72.8 Å². The van der Waals surface area contributed by atoms with Gasteiger partial charge in [0.2, 0.25) is 11.8 Å². The van der Waals surface area contributed by atoms with Gasteiger partial charge >= 0.3 is 12.2 Å². The number of amides is 4. The third-order valence-corrected chi connectivity index (χ3v) is 8.83. The third-order valence-electron chi connectivity index (χ3n) is 8.83. The summed E-state index contributed by atoms with van der Waals surface area (Å²) in [5, 5.41) is 17.4. The summed E-state index contributed by atoms with van der Waals surface area (Å²) in [6.45, 7) is 6.53. The van der Waals surface area contributed by atoms with Crippen molar-refractivity contribution < 1.29 is 38.5 Å². The first-order valence-corrected chi connectivity index (χ1v) is 18.3. The molecule has 53 heavy (non-hydrogen) atoms. The van der Waals surface area contributed by atoms with Crippen molar-refractivity contribution in [3.63, 3.8) is 0 Å². The minimum Gasteiger partial charge on any atom is -0.497 e. The second-order valence-corrected chi connectivity index (χ2v) is 14.3. The molecule has 1 aliphatic heterocycles. The van der Waals surface area contributed by atoms with Crippen LogP contribution in [-0.4, -0.2) is 89.4 Å². The summed E-state index contributed by atoms with van der Waals surface area (Å²) in [6, 6.07) is 23.7. The van der Waals surface area contributed by atoms with Crippen molar-refractivity contribution >= 4 is 24.0 Å². The first-order valence-electron chi connectivity index (χ1n) is 18.3. The highest BCUT2D eigenvalue weighted by Gasteiger charge is 2.32. The molecule has 0 spiro atoms.